The highest BCUT2D eigenvalue weighted by atomic mass is 32.2. The van der Waals surface area contributed by atoms with Crippen molar-refractivity contribution >= 4 is 29.7 Å². The zero-order valence-electron chi connectivity index (χ0n) is 19.6. The smallest absolute Gasteiger partial charge is 0.407 e. The minimum atomic E-state index is -0.791. The van der Waals surface area contributed by atoms with Crippen LogP contribution < -0.4 is 16.4 Å². The Morgan fingerprint density at radius 3 is 2.39 bits per heavy atom. The molecule has 2 unspecified atom stereocenters. The van der Waals surface area contributed by atoms with Gasteiger partial charge in [-0.25, -0.2) is 4.79 Å². The molecular weight excluding hydrogens is 416 g/mol. The standard InChI is InChI=1S/C22H40N4O4S/c1-14(2)31-22(3,4)18(25-21(29)30-5)20(28)26-12-6-7-17(26)19(27)24-13-15-8-10-16(23)11-9-15/h14-18H,6-13,23H2,1-5H3,(H,24,27)(H,25,29). The second-order valence-corrected chi connectivity index (χ2v) is 11.8. The predicted molar refractivity (Wildman–Crippen MR) is 124 cm³/mol. The third-order valence-corrected chi connectivity index (χ3v) is 7.54. The molecule has 0 bridgehead atoms. The van der Waals surface area contributed by atoms with Gasteiger partial charge < -0.3 is 26.0 Å². The molecule has 2 fully saturated rings. The highest BCUT2D eigenvalue weighted by Crippen LogP contribution is 2.34. The number of methoxy groups -OCH3 is 1. The molecule has 2 atom stereocenters. The fraction of sp³-hybridized carbons (Fsp3) is 0.864. The van der Waals surface area contributed by atoms with Gasteiger partial charge in [0.2, 0.25) is 11.8 Å². The van der Waals surface area contributed by atoms with E-state index in [4.69, 9.17) is 10.5 Å². The molecule has 1 aliphatic carbocycles. The molecule has 1 saturated carbocycles. The molecule has 31 heavy (non-hydrogen) atoms. The zero-order valence-corrected chi connectivity index (χ0v) is 20.4. The van der Waals surface area contributed by atoms with Crippen LogP contribution in [-0.4, -0.2) is 71.1 Å². The lowest BCUT2D eigenvalue weighted by atomic mass is 9.86. The van der Waals surface area contributed by atoms with E-state index < -0.39 is 22.9 Å². The molecule has 8 nitrogen and oxygen atoms in total. The summed E-state index contributed by atoms with van der Waals surface area (Å²) in [4.78, 5) is 40.1. The van der Waals surface area contributed by atoms with Crippen LogP contribution in [0, 0.1) is 5.92 Å². The maximum absolute atomic E-state index is 13.5. The first kappa shape index (κ1) is 25.8. The number of carbonyl (C=O) groups excluding carboxylic acids is 3. The van der Waals surface area contributed by atoms with Crippen LogP contribution in [0.15, 0.2) is 0 Å². The van der Waals surface area contributed by atoms with Crippen LogP contribution in [0.25, 0.3) is 0 Å². The summed E-state index contributed by atoms with van der Waals surface area (Å²) in [6.07, 6.45) is 4.81. The minimum Gasteiger partial charge on any atom is -0.453 e. The molecule has 2 rings (SSSR count). The number of hydrogen-bond donors (Lipinski definition) is 3. The van der Waals surface area contributed by atoms with Gasteiger partial charge >= 0.3 is 6.09 Å². The number of alkyl carbamates (subject to hydrolysis) is 1. The normalized spacial score (nSPS) is 25.3. The molecule has 0 aromatic rings. The molecule has 2 aliphatic rings. The summed E-state index contributed by atoms with van der Waals surface area (Å²) in [5.74, 6) is 0.112. The number of carbonyl (C=O) groups is 3. The number of nitrogens with two attached hydrogens (primary N) is 1. The summed E-state index contributed by atoms with van der Waals surface area (Å²) >= 11 is 1.61. The lowest BCUT2D eigenvalue weighted by Gasteiger charge is -2.37. The highest BCUT2D eigenvalue weighted by molar-refractivity contribution is 8.01. The average Bonchev–Trinajstić information content (AvgIpc) is 3.19. The Kier molecular flexibility index (Phi) is 9.48. The Bertz CT molecular complexity index is 635. The van der Waals surface area contributed by atoms with Crippen molar-refractivity contribution in [1.29, 1.82) is 0 Å². The second-order valence-electron chi connectivity index (χ2n) is 9.55. The van der Waals surface area contributed by atoms with Gasteiger partial charge in [0.1, 0.15) is 12.1 Å². The lowest BCUT2D eigenvalue weighted by molar-refractivity contribution is -0.140. The number of thioether (sulfide) groups is 1. The van der Waals surface area contributed by atoms with E-state index in [1.165, 1.54) is 7.11 Å². The van der Waals surface area contributed by atoms with Gasteiger partial charge in [-0.15, -0.1) is 0 Å². The summed E-state index contributed by atoms with van der Waals surface area (Å²) in [6, 6.07) is -1.01. The number of amides is 3. The number of ether oxygens (including phenoxy) is 1. The number of likely N-dealkylation sites (tertiary alicyclic amines) is 1. The Morgan fingerprint density at radius 1 is 1.16 bits per heavy atom. The first-order valence-electron chi connectivity index (χ1n) is 11.4. The van der Waals surface area contributed by atoms with Crippen molar-refractivity contribution in [3.63, 3.8) is 0 Å². The van der Waals surface area contributed by atoms with Crippen molar-refractivity contribution in [2.45, 2.75) is 94.3 Å². The van der Waals surface area contributed by atoms with Gasteiger partial charge in [-0.05, 0) is 63.5 Å². The Balaban J connectivity index is 2.06. The first-order chi connectivity index (χ1) is 14.5. The van der Waals surface area contributed by atoms with Gasteiger partial charge in [-0.2, -0.15) is 11.8 Å². The number of nitrogens with zero attached hydrogens (tertiary/aromatic N) is 1. The van der Waals surface area contributed by atoms with Crippen LogP contribution in [0.1, 0.15) is 66.2 Å². The molecule has 0 aromatic carbocycles. The van der Waals surface area contributed by atoms with Crippen molar-refractivity contribution in [1.82, 2.24) is 15.5 Å². The van der Waals surface area contributed by atoms with E-state index in [2.05, 4.69) is 24.5 Å². The predicted octanol–water partition coefficient (Wildman–Crippen LogP) is 2.26. The van der Waals surface area contributed by atoms with Crippen molar-refractivity contribution in [3.8, 4) is 0 Å². The quantitative estimate of drug-likeness (QED) is 0.516. The summed E-state index contributed by atoms with van der Waals surface area (Å²) in [6.45, 7) is 9.12. The van der Waals surface area contributed by atoms with Gasteiger partial charge in [0, 0.05) is 23.9 Å². The molecule has 0 radical (unpaired) electrons. The van der Waals surface area contributed by atoms with Gasteiger partial charge in [0.15, 0.2) is 0 Å². The molecule has 1 aliphatic heterocycles. The van der Waals surface area contributed by atoms with Gasteiger partial charge in [0.05, 0.1) is 7.11 Å². The summed E-state index contributed by atoms with van der Waals surface area (Å²) in [5, 5.41) is 6.05. The van der Waals surface area contributed by atoms with Gasteiger partial charge in [0.25, 0.3) is 0 Å². The van der Waals surface area contributed by atoms with E-state index in [1.54, 1.807) is 16.7 Å². The topological polar surface area (TPSA) is 114 Å². The SMILES string of the molecule is COC(=O)NC(C(=O)N1CCCC1C(=O)NCC1CCC(N)CC1)C(C)(C)SC(C)C. The maximum atomic E-state index is 13.5. The van der Waals surface area contributed by atoms with E-state index >= 15 is 0 Å². The minimum absolute atomic E-state index is 0.105. The number of rotatable bonds is 8. The van der Waals surface area contributed by atoms with Crippen molar-refractivity contribution in [2.24, 2.45) is 11.7 Å². The summed E-state index contributed by atoms with van der Waals surface area (Å²) in [5.41, 5.74) is 5.97. The van der Waals surface area contributed by atoms with Gasteiger partial charge in [-0.3, -0.25) is 9.59 Å². The van der Waals surface area contributed by atoms with Crippen LogP contribution in [0.5, 0.6) is 0 Å². The molecule has 3 amide bonds. The van der Waals surface area contributed by atoms with Crippen molar-refractivity contribution in [3.05, 3.63) is 0 Å². The zero-order chi connectivity index (χ0) is 23.2. The Morgan fingerprint density at radius 2 is 1.81 bits per heavy atom. The monoisotopic (exact) mass is 456 g/mol. The fourth-order valence-corrected chi connectivity index (χ4v) is 6.12. The van der Waals surface area contributed by atoms with E-state index in [-0.39, 0.29) is 23.1 Å². The number of nitrogens with one attached hydrogen (secondary N) is 2. The van der Waals surface area contributed by atoms with Gasteiger partial charge in [-0.1, -0.05) is 13.8 Å². The average molecular weight is 457 g/mol. The fourth-order valence-electron chi connectivity index (χ4n) is 4.61. The first-order valence-corrected chi connectivity index (χ1v) is 12.3. The van der Waals surface area contributed by atoms with E-state index in [9.17, 15) is 14.4 Å². The lowest BCUT2D eigenvalue weighted by Crippen LogP contribution is -2.60. The molecular formula is C22H40N4O4S. The molecule has 1 heterocycles. The number of hydrogen-bond acceptors (Lipinski definition) is 6. The maximum Gasteiger partial charge on any atom is 0.407 e. The molecule has 178 valence electrons. The molecule has 4 N–H and O–H groups in total. The molecule has 0 spiro atoms. The third kappa shape index (κ3) is 7.27. The summed E-state index contributed by atoms with van der Waals surface area (Å²) in [7, 11) is 1.28. The van der Waals surface area contributed by atoms with Crippen LogP contribution in [0.2, 0.25) is 0 Å². The van der Waals surface area contributed by atoms with Crippen LogP contribution >= 0.6 is 11.8 Å². The van der Waals surface area contributed by atoms with Crippen molar-refractivity contribution < 1.29 is 19.1 Å². The molecule has 0 aromatic heterocycles. The van der Waals surface area contributed by atoms with E-state index in [0.29, 0.717) is 25.4 Å². The van der Waals surface area contributed by atoms with Crippen LogP contribution in [0.4, 0.5) is 4.79 Å². The second kappa shape index (κ2) is 11.4. The van der Waals surface area contributed by atoms with Crippen LogP contribution in [-0.2, 0) is 14.3 Å². The Labute approximate surface area is 190 Å². The Hall–Kier alpha value is -1.48. The van der Waals surface area contributed by atoms with E-state index in [0.717, 1.165) is 32.1 Å². The van der Waals surface area contributed by atoms with Crippen molar-refractivity contribution in [2.75, 3.05) is 20.2 Å². The third-order valence-electron chi connectivity index (χ3n) is 6.22. The van der Waals surface area contributed by atoms with E-state index in [1.807, 2.05) is 13.8 Å². The largest absolute Gasteiger partial charge is 0.453 e. The molecule has 9 heteroatoms. The summed E-state index contributed by atoms with van der Waals surface area (Å²) < 4.78 is 4.20. The highest BCUT2D eigenvalue weighted by Gasteiger charge is 2.44. The molecule has 1 saturated heterocycles. The van der Waals surface area contributed by atoms with Crippen LogP contribution in [0.3, 0.4) is 0 Å².